The van der Waals surface area contributed by atoms with E-state index < -0.39 is 36.4 Å². The van der Waals surface area contributed by atoms with Crippen molar-refractivity contribution in [2.75, 3.05) is 44.1 Å². The van der Waals surface area contributed by atoms with Gasteiger partial charge in [-0.05, 0) is 67.3 Å². The van der Waals surface area contributed by atoms with E-state index in [0.717, 1.165) is 43.4 Å². The van der Waals surface area contributed by atoms with Crippen molar-refractivity contribution >= 4 is 50.6 Å². The van der Waals surface area contributed by atoms with Crippen LogP contribution >= 0.6 is 11.3 Å². The van der Waals surface area contributed by atoms with Crippen LogP contribution in [0.15, 0.2) is 36.4 Å². The van der Waals surface area contributed by atoms with Crippen molar-refractivity contribution in [2.45, 2.75) is 69.2 Å². The summed E-state index contributed by atoms with van der Waals surface area (Å²) < 4.78 is 52.3. The van der Waals surface area contributed by atoms with Gasteiger partial charge in [0.1, 0.15) is 6.04 Å². The smallest absolute Gasteiger partial charge is 0.393 e. The van der Waals surface area contributed by atoms with Crippen LogP contribution < -0.4 is 26.4 Å². The molecule has 2 amide bonds. The number of likely N-dealkylation sites (tertiary alicyclic amines) is 1. The minimum absolute atomic E-state index is 0.0157. The minimum Gasteiger partial charge on any atom is -0.467 e. The van der Waals surface area contributed by atoms with Crippen molar-refractivity contribution < 1.29 is 37.0 Å². The number of amides is 2. The number of primary amides is 1. The highest BCUT2D eigenvalue weighted by Gasteiger charge is 2.33. The number of piperidine rings is 1. The average molecular weight is 725 g/mol. The molecule has 1 aromatic heterocycles. The lowest BCUT2D eigenvalue weighted by atomic mass is 10.0. The molecule has 1 atom stereocenters. The number of ether oxygens (including phenoxy) is 2. The molecule has 1 aliphatic heterocycles. The summed E-state index contributed by atoms with van der Waals surface area (Å²) in [4.78, 5) is 42.4. The number of alkyl halides is 3. The van der Waals surface area contributed by atoms with Gasteiger partial charge >= 0.3 is 18.9 Å². The van der Waals surface area contributed by atoms with Gasteiger partial charge in [-0.3, -0.25) is 14.4 Å². The number of hydrogen-bond acceptors (Lipinski definition) is 9. The molecule has 1 unspecified atom stereocenters. The van der Waals surface area contributed by atoms with Gasteiger partial charge in [-0.1, -0.05) is 24.0 Å². The van der Waals surface area contributed by atoms with Crippen LogP contribution in [0.5, 0.6) is 5.75 Å². The SMILES string of the molecule is [C-]#[N+]COc1cc(C(=O)NC(CCC(N)=O)C(=O)OC)ccc1NCC#Cc1sc2c(NC3CCN(C4CC4)CC3)cccc2c1CC(F)(F)F. The van der Waals surface area contributed by atoms with Crippen molar-refractivity contribution in [1.82, 2.24) is 10.2 Å². The minimum atomic E-state index is -4.43. The summed E-state index contributed by atoms with van der Waals surface area (Å²) in [5, 5.41) is 9.69. The second-order valence-corrected chi connectivity index (χ2v) is 13.4. The first-order chi connectivity index (χ1) is 24.5. The van der Waals surface area contributed by atoms with E-state index >= 15 is 0 Å². The van der Waals surface area contributed by atoms with Gasteiger partial charge in [0.25, 0.3) is 5.91 Å². The standard InChI is InChI=1S/C36H39F3N6O5S/c1-41-21-50-30-19-22(34(47)44-29(35(48)49-2)12-13-32(40)46)8-11-27(30)42-16-4-7-31-26(20-36(37,38)39)25-5-3-6-28(33(25)51-31)43-23-14-17-45(18-15-23)24-9-10-24/h3,5-6,8,11,19,23-24,29,42-43H,9-10,12-18,20-21H2,2H3,(H2,40,46)(H,44,47). The zero-order valence-electron chi connectivity index (χ0n) is 28.0. The molecule has 270 valence electrons. The number of fused-ring (bicyclic) bond motifs is 1. The summed E-state index contributed by atoms with van der Waals surface area (Å²) >= 11 is 1.24. The van der Waals surface area contributed by atoms with Crippen LogP contribution in [-0.4, -0.2) is 80.5 Å². The molecule has 1 aliphatic carbocycles. The van der Waals surface area contributed by atoms with Crippen LogP contribution in [-0.2, 0) is 20.7 Å². The summed E-state index contributed by atoms with van der Waals surface area (Å²) in [5.41, 5.74) is 6.61. The number of nitrogens with one attached hydrogen (secondary N) is 3. The van der Waals surface area contributed by atoms with Gasteiger partial charge in [0, 0.05) is 37.2 Å². The van der Waals surface area contributed by atoms with Crippen LogP contribution in [0.1, 0.15) is 59.3 Å². The normalized spacial score (nSPS) is 15.6. The summed E-state index contributed by atoms with van der Waals surface area (Å²) in [7, 11) is 1.15. The molecule has 11 nitrogen and oxygen atoms in total. The van der Waals surface area contributed by atoms with Crippen molar-refractivity contribution in [3.63, 3.8) is 0 Å². The molecule has 0 radical (unpaired) electrons. The number of rotatable bonds is 14. The molecule has 2 aromatic carbocycles. The number of methoxy groups -OCH3 is 1. The van der Waals surface area contributed by atoms with Crippen LogP contribution in [0, 0.1) is 18.4 Å². The van der Waals surface area contributed by atoms with E-state index in [9.17, 15) is 27.6 Å². The van der Waals surface area contributed by atoms with E-state index in [-0.39, 0.29) is 49.0 Å². The summed E-state index contributed by atoms with van der Waals surface area (Å²) in [6, 6.07) is 9.58. The van der Waals surface area contributed by atoms with Gasteiger partial charge in [0.2, 0.25) is 5.91 Å². The topological polar surface area (TPSA) is 139 Å². The largest absolute Gasteiger partial charge is 0.467 e. The molecule has 3 aromatic rings. The Morgan fingerprint density at radius 3 is 2.57 bits per heavy atom. The molecule has 5 rings (SSSR count). The fraction of sp³-hybridized carbons (Fsp3) is 0.444. The maximum Gasteiger partial charge on any atom is 0.393 e. The fourth-order valence-corrected chi connectivity index (χ4v) is 7.21. The molecule has 51 heavy (non-hydrogen) atoms. The van der Waals surface area contributed by atoms with Crippen molar-refractivity contribution in [2.24, 2.45) is 5.73 Å². The Hall–Kier alpha value is -4.99. The Morgan fingerprint density at radius 2 is 1.90 bits per heavy atom. The monoisotopic (exact) mass is 724 g/mol. The number of halogens is 3. The highest BCUT2D eigenvalue weighted by Crippen LogP contribution is 2.40. The second-order valence-electron chi connectivity index (χ2n) is 12.4. The van der Waals surface area contributed by atoms with Crippen molar-refractivity contribution in [3.05, 3.63) is 63.8 Å². The number of carbonyl (C=O) groups is 3. The van der Waals surface area contributed by atoms with Crippen LogP contribution in [0.25, 0.3) is 14.9 Å². The van der Waals surface area contributed by atoms with Gasteiger partial charge < -0.3 is 36.1 Å². The van der Waals surface area contributed by atoms with Crippen molar-refractivity contribution in [3.8, 4) is 17.6 Å². The third-order valence-corrected chi connectivity index (χ3v) is 9.91. The van der Waals surface area contributed by atoms with Gasteiger partial charge in [0.05, 0.1) is 41.0 Å². The summed E-state index contributed by atoms with van der Waals surface area (Å²) in [6.07, 6.45) is -1.27. The number of nitrogens with zero attached hydrogens (tertiary/aromatic N) is 2. The van der Waals surface area contributed by atoms with Crippen LogP contribution in [0.4, 0.5) is 24.5 Å². The fourth-order valence-electron chi connectivity index (χ4n) is 6.04. The molecule has 2 aliphatic rings. The number of nitrogens with two attached hydrogens (primary N) is 1. The maximum absolute atomic E-state index is 13.8. The molecule has 15 heteroatoms. The highest BCUT2D eigenvalue weighted by molar-refractivity contribution is 7.20. The first kappa shape index (κ1) is 37.3. The average Bonchev–Trinajstić information content (AvgIpc) is 3.90. The Bertz CT molecular complexity index is 1850. The van der Waals surface area contributed by atoms with Gasteiger partial charge in [-0.2, -0.15) is 13.2 Å². The molecule has 1 saturated heterocycles. The molecule has 0 bridgehead atoms. The lowest BCUT2D eigenvalue weighted by Crippen LogP contribution is -2.42. The lowest BCUT2D eigenvalue weighted by Gasteiger charge is -2.33. The molecular weight excluding hydrogens is 685 g/mol. The zero-order valence-corrected chi connectivity index (χ0v) is 28.8. The van der Waals surface area contributed by atoms with Gasteiger partial charge in [-0.25, -0.2) is 11.4 Å². The Kier molecular flexibility index (Phi) is 12.3. The molecular formula is C36H39F3N6O5S. The molecule has 5 N–H and O–H groups in total. The quantitative estimate of drug-likeness (QED) is 0.0999. The van der Waals surface area contributed by atoms with Crippen LogP contribution in [0.3, 0.4) is 0 Å². The van der Waals surface area contributed by atoms with Crippen molar-refractivity contribution in [1.29, 1.82) is 0 Å². The summed E-state index contributed by atoms with van der Waals surface area (Å²) in [6.45, 7) is 8.80. The second kappa shape index (κ2) is 16.8. The Balaban J connectivity index is 1.31. The number of benzene rings is 2. The lowest BCUT2D eigenvalue weighted by molar-refractivity contribution is -0.143. The third-order valence-electron chi connectivity index (χ3n) is 8.72. The highest BCUT2D eigenvalue weighted by atomic mass is 32.1. The Morgan fingerprint density at radius 1 is 1.14 bits per heavy atom. The van der Waals surface area contributed by atoms with E-state index in [1.165, 1.54) is 42.4 Å². The third kappa shape index (κ3) is 10.3. The first-order valence-corrected chi connectivity index (χ1v) is 17.4. The number of thiophene rings is 1. The molecule has 2 fully saturated rings. The number of carbonyl (C=O) groups excluding carboxylic acids is 3. The molecule has 0 spiro atoms. The van der Waals surface area contributed by atoms with E-state index in [4.69, 9.17) is 21.8 Å². The molecule has 2 heterocycles. The van der Waals surface area contributed by atoms with E-state index in [0.29, 0.717) is 22.0 Å². The Labute approximate surface area is 297 Å². The number of esters is 1. The molecule has 1 saturated carbocycles. The first-order valence-electron chi connectivity index (χ1n) is 16.6. The van der Waals surface area contributed by atoms with Gasteiger partial charge in [-0.15, -0.1) is 11.3 Å². The number of anilines is 2. The summed E-state index contributed by atoms with van der Waals surface area (Å²) in [5.74, 6) is 3.95. The van der Waals surface area contributed by atoms with Crippen LogP contribution in [0.2, 0.25) is 0 Å². The van der Waals surface area contributed by atoms with E-state index in [1.807, 2.05) is 6.07 Å². The predicted molar refractivity (Wildman–Crippen MR) is 188 cm³/mol. The van der Waals surface area contributed by atoms with E-state index in [2.05, 4.69) is 37.5 Å². The maximum atomic E-state index is 13.8. The predicted octanol–water partition coefficient (Wildman–Crippen LogP) is 5.30. The zero-order chi connectivity index (χ0) is 36.5. The van der Waals surface area contributed by atoms with Gasteiger partial charge in [0.15, 0.2) is 5.75 Å². The van der Waals surface area contributed by atoms with E-state index in [1.54, 1.807) is 12.1 Å². The number of hydrogen-bond donors (Lipinski definition) is 4.